The van der Waals surface area contributed by atoms with Crippen molar-refractivity contribution in [1.29, 1.82) is 0 Å². The Balaban J connectivity index is 1.26. The van der Waals surface area contributed by atoms with Crippen LogP contribution in [0.5, 0.6) is 5.75 Å². The summed E-state index contributed by atoms with van der Waals surface area (Å²) in [5, 5.41) is 2.84. The van der Waals surface area contributed by atoms with E-state index in [4.69, 9.17) is 4.74 Å². The van der Waals surface area contributed by atoms with E-state index in [0.29, 0.717) is 18.7 Å². The van der Waals surface area contributed by atoms with Gasteiger partial charge in [0.05, 0.1) is 11.0 Å². The minimum atomic E-state index is -0.0320. The molecule has 1 aliphatic heterocycles. The lowest BCUT2D eigenvalue weighted by Crippen LogP contribution is -2.12. The third-order valence-electron chi connectivity index (χ3n) is 5.03. The van der Waals surface area contributed by atoms with E-state index in [1.54, 1.807) is 0 Å². The SMILES string of the molecule is O=C1NCc2c(OCc3ccc(Cc4nc5ccccc5[nH]4)cc3)cccc21. The lowest BCUT2D eigenvalue weighted by molar-refractivity contribution is 0.0965. The summed E-state index contributed by atoms with van der Waals surface area (Å²) in [5.74, 6) is 1.69. The molecular weight excluding hydrogens is 350 g/mol. The van der Waals surface area contributed by atoms with Gasteiger partial charge in [0.15, 0.2) is 0 Å². The van der Waals surface area contributed by atoms with Gasteiger partial charge in [-0.3, -0.25) is 4.79 Å². The molecular formula is C23H19N3O2. The van der Waals surface area contributed by atoms with Crippen molar-refractivity contribution in [3.8, 4) is 5.75 Å². The number of H-pyrrole nitrogens is 1. The van der Waals surface area contributed by atoms with Crippen molar-refractivity contribution in [2.45, 2.75) is 19.6 Å². The molecule has 1 aliphatic rings. The third-order valence-corrected chi connectivity index (χ3v) is 5.03. The highest BCUT2D eigenvalue weighted by molar-refractivity contribution is 5.99. The number of rotatable bonds is 5. The molecule has 28 heavy (non-hydrogen) atoms. The van der Waals surface area contributed by atoms with Gasteiger partial charge in [-0.1, -0.05) is 42.5 Å². The lowest BCUT2D eigenvalue weighted by atomic mass is 10.1. The number of para-hydroxylation sites is 2. The predicted molar refractivity (Wildman–Crippen MR) is 107 cm³/mol. The zero-order valence-corrected chi connectivity index (χ0v) is 15.2. The van der Waals surface area contributed by atoms with Crippen LogP contribution in [0.1, 0.15) is 32.9 Å². The van der Waals surface area contributed by atoms with Gasteiger partial charge in [-0.15, -0.1) is 0 Å². The van der Waals surface area contributed by atoms with Crippen molar-refractivity contribution in [2.75, 3.05) is 0 Å². The molecule has 0 saturated carbocycles. The maximum absolute atomic E-state index is 11.8. The second-order valence-electron chi connectivity index (χ2n) is 6.95. The molecule has 0 saturated heterocycles. The van der Waals surface area contributed by atoms with Gasteiger partial charge >= 0.3 is 0 Å². The van der Waals surface area contributed by atoms with Gasteiger partial charge in [-0.25, -0.2) is 4.98 Å². The molecule has 4 aromatic rings. The molecule has 0 fully saturated rings. The molecule has 0 aliphatic carbocycles. The second kappa shape index (κ2) is 6.85. The minimum Gasteiger partial charge on any atom is -0.489 e. The summed E-state index contributed by atoms with van der Waals surface area (Å²) in [6.45, 7) is 0.996. The molecule has 1 amide bonds. The molecule has 1 aromatic heterocycles. The fraction of sp³-hybridized carbons (Fsp3) is 0.130. The fourth-order valence-corrected chi connectivity index (χ4v) is 3.56. The van der Waals surface area contributed by atoms with Crippen molar-refractivity contribution < 1.29 is 9.53 Å². The maximum Gasteiger partial charge on any atom is 0.252 e. The van der Waals surface area contributed by atoms with Gasteiger partial charge < -0.3 is 15.0 Å². The van der Waals surface area contributed by atoms with Crippen molar-refractivity contribution in [1.82, 2.24) is 15.3 Å². The molecule has 5 nitrogen and oxygen atoms in total. The summed E-state index contributed by atoms with van der Waals surface area (Å²) in [6.07, 6.45) is 0.760. The second-order valence-corrected chi connectivity index (χ2v) is 6.95. The highest BCUT2D eigenvalue weighted by atomic mass is 16.5. The largest absolute Gasteiger partial charge is 0.489 e. The number of ether oxygens (including phenoxy) is 1. The van der Waals surface area contributed by atoms with E-state index in [2.05, 4.69) is 39.6 Å². The van der Waals surface area contributed by atoms with E-state index in [9.17, 15) is 4.79 Å². The standard InChI is InChI=1S/C23H19N3O2/c27-23-17-4-3-7-21(18(17)13-24-23)28-14-16-10-8-15(9-11-16)12-22-25-19-5-1-2-6-20(19)26-22/h1-11H,12-14H2,(H,24,27)(H,25,26). The Morgan fingerprint density at radius 1 is 0.929 bits per heavy atom. The van der Waals surface area contributed by atoms with Gasteiger partial charge in [-0.05, 0) is 35.4 Å². The van der Waals surface area contributed by atoms with Gasteiger partial charge in [-0.2, -0.15) is 0 Å². The van der Waals surface area contributed by atoms with E-state index >= 15 is 0 Å². The number of nitrogens with one attached hydrogen (secondary N) is 2. The van der Waals surface area contributed by atoms with Crippen molar-refractivity contribution >= 4 is 16.9 Å². The first-order chi connectivity index (χ1) is 13.8. The Morgan fingerprint density at radius 3 is 2.61 bits per heavy atom. The molecule has 2 N–H and O–H groups in total. The number of aromatic amines is 1. The minimum absolute atomic E-state index is 0.0320. The van der Waals surface area contributed by atoms with Crippen LogP contribution in [-0.2, 0) is 19.6 Å². The maximum atomic E-state index is 11.8. The normalized spacial score (nSPS) is 12.8. The van der Waals surface area contributed by atoms with E-state index in [1.807, 2.05) is 42.5 Å². The zero-order chi connectivity index (χ0) is 18.9. The van der Waals surface area contributed by atoms with Gasteiger partial charge in [0.2, 0.25) is 0 Å². The van der Waals surface area contributed by atoms with Gasteiger partial charge in [0, 0.05) is 24.1 Å². The Kier molecular flexibility index (Phi) is 4.05. The number of carbonyl (C=O) groups is 1. The highest BCUT2D eigenvalue weighted by Crippen LogP contribution is 2.27. The first-order valence-corrected chi connectivity index (χ1v) is 9.30. The lowest BCUT2D eigenvalue weighted by Gasteiger charge is -2.10. The van der Waals surface area contributed by atoms with Crippen LogP contribution in [0.15, 0.2) is 66.7 Å². The number of amides is 1. The number of benzene rings is 3. The monoisotopic (exact) mass is 369 g/mol. The molecule has 0 bridgehead atoms. The Labute approximate surface area is 162 Å². The van der Waals surface area contributed by atoms with Crippen molar-refractivity contribution in [2.24, 2.45) is 0 Å². The number of carbonyl (C=O) groups excluding carboxylic acids is 1. The van der Waals surface area contributed by atoms with E-state index in [-0.39, 0.29) is 5.91 Å². The molecule has 0 unspecified atom stereocenters. The van der Waals surface area contributed by atoms with Crippen molar-refractivity contribution in [3.05, 3.63) is 94.8 Å². The Bertz CT molecular complexity index is 1130. The number of aromatic nitrogens is 2. The smallest absolute Gasteiger partial charge is 0.252 e. The molecule has 5 rings (SSSR count). The van der Waals surface area contributed by atoms with E-state index in [0.717, 1.165) is 40.2 Å². The number of hydrogen-bond acceptors (Lipinski definition) is 3. The number of nitrogens with zero attached hydrogens (tertiary/aromatic N) is 1. The molecule has 0 spiro atoms. The summed E-state index contributed by atoms with van der Waals surface area (Å²) in [6, 6.07) is 22.0. The fourth-order valence-electron chi connectivity index (χ4n) is 3.56. The third kappa shape index (κ3) is 3.11. The van der Waals surface area contributed by atoms with Crippen LogP contribution in [0, 0.1) is 0 Å². The summed E-state index contributed by atoms with van der Waals surface area (Å²) in [7, 11) is 0. The van der Waals surface area contributed by atoms with Crippen LogP contribution in [0.4, 0.5) is 0 Å². The zero-order valence-electron chi connectivity index (χ0n) is 15.2. The predicted octanol–water partition coefficient (Wildman–Crippen LogP) is 3.98. The quantitative estimate of drug-likeness (QED) is 0.559. The number of hydrogen-bond donors (Lipinski definition) is 2. The Hall–Kier alpha value is -3.60. The topological polar surface area (TPSA) is 67.0 Å². The highest BCUT2D eigenvalue weighted by Gasteiger charge is 2.21. The van der Waals surface area contributed by atoms with Crippen LogP contribution >= 0.6 is 0 Å². The summed E-state index contributed by atoms with van der Waals surface area (Å²) in [5.41, 5.74) is 5.98. The van der Waals surface area contributed by atoms with E-state index in [1.165, 1.54) is 5.56 Å². The van der Waals surface area contributed by atoms with Crippen LogP contribution in [0.3, 0.4) is 0 Å². The summed E-state index contributed by atoms with van der Waals surface area (Å²) < 4.78 is 5.97. The Morgan fingerprint density at radius 2 is 1.75 bits per heavy atom. The molecule has 3 aromatic carbocycles. The number of imidazole rings is 1. The summed E-state index contributed by atoms with van der Waals surface area (Å²) in [4.78, 5) is 19.8. The molecule has 138 valence electrons. The van der Waals surface area contributed by atoms with Gasteiger partial charge in [0.1, 0.15) is 18.2 Å². The molecule has 5 heteroatoms. The summed E-state index contributed by atoms with van der Waals surface area (Å²) >= 11 is 0. The molecule has 2 heterocycles. The average molecular weight is 369 g/mol. The van der Waals surface area contributed by atoms with Crippen molar-refractivity contribution in [3.63, 3.8) is 0 Å². The first kappa shape index (κ1) is 16.6. The number of fused-ring (bicyclic) bond motifs is 2. The molecule has 0 atom stereocenters. The average Bonchev–Trinajstić information content (AvgIpc) is 3.31. The van der Waals surface area contributed by atoms with Crippen LogP contribution in [-0.4, -0.2) is 15.9 Å². The van der Waals surface area contributed by atoms with E-state index < -0.39 is 0 Å². The molecule has 0 radical (unpaired) electrons. The van der Waals surface area contributed by atoms with Crippen LogP contribution < -0.4 is 10.1 Å². The first-order valence-electron chi connectivity index (χ1n) is 9.30. The van der Waals surface area contributed by atoms with Crippen LogP contribution in [0.25, 0.3) is 11.0 Å². The van der Waals surface area contributed by atoms with Gasteiger partial charge in [0.25, 0.3) is 5.91 Å². The van der Waals surface area contributed by atoms with Crippen LogP contribution in [0.2, 0.25) is 0 Å².